The van der Waals surface area contributed by atoms with Crippen LogP contribution in [-0.4, -0.2) is 72.6 Å². The summed E-state index contributed by atoms with van der Waals surface area (Å²) in [6, 6.07) is 12.5. The van der Waals surface area contributed by atoms with Crippen LogP contribution in [0.5, 0.6) is 0 Å². The predicted molar refractivity (Wildman–Crippen MR) is 124 cm³/mol. The van der Waals surface area contributed by atoms with E-state index in [-0.39, 0.29) is 23.4 Å². The Labute approximate surface area is 191 Å². The molecule has 32 heavy (non-hydrogen) atoms. The molecule has 2 aromatic carbocycles. The molecule has 0 aliphatic carbocycles. The van der Waals surface area contributed by atoms with E-state index >= 15 is 0 Å². The van der Waals surface area contributed by atoms with Crippen LogP contribution >= 0.6 is 11.7 Å². The largest absolute Gasteiger partial charge is 0.342 e. The maximum absolute atomic E-state index is 13.7. The fourth-order valence-corrected chi connectivity index (χ4v) is 6.99. The Kier molecular flexibility index (Phi) is 5.39. The molecule has 0 saturated carbocycles. The Morgan fingerprint density at radius 1 is 1.09 bits per heavy atom. The molecule has 0 N–H and O–H groups in total. The van der Waals surface area contributed by atoms with Gasteiger partial charge in [0.2, 0.25) is 5.91 Å². The smallest absolute Gasteiger partial charge is 0.266 e. The van der Waals surface area contributed by atoms with Gasteiger partial charge in [0.15, 0.2) is 0 Å². The number of nitrogens with zero attached hydrogens (tertiary/aromatic N) is 5. The minimum Gasteiger partial charge on any atom is -0.342 e. The summed E-state index contributed by atoms with van der Waals surface area (Å²) in [4.78, 5) is 17.8. The number of rotatable bonds is 4. The van der Waals surface area contributed by atoms with Crippen LogP contribution < -0.4 is 4.31 Å². The fraction of sp³-hybridized carbons (Fsp3) is 0.409. The third-order valence-electron chi connectivity index (χ3n) is 6.63. The zero-order chi connectivity index (χ0) is 22.5. The van der Waals surface area contributed by atoms with Gasteiger partial charge >= 0.3 is 0 Å². The number of carbonyl (C=O) groups is 1. The van der Waals surface area contributed by atoms with E-state index in [9.17, 15) is 13.2 Å². The molecule has 168 valence electrons. The number of para-hydroxylation sites is 1. The molecule has 1 unspecified atom stereocenters. The maximum Gasteiger partial charge on any atom is 0.266 e. The highest BCUT2D eigenvalue weighted by molar-refractivity contribution is 7.93. The van der Waals surface area contributed by atoms with Gasteiger partial charge in [-0.2, -0.15) is 8.75 Å². The second kappa shape index (κ2) is 8.09. The number of benzene rings is 2. The Morgan fingerprint density at radius 2 is 1.84 bits per heavy atom. The highest BCUT2D eigenvalue weighted by atomic mass is 32.2. The van der Waals surface area contributed by atoms with Crippen molar-refractivity contribution in [3.8, 4) is 0 Å². The molecular weight excluding hydrogens is 446 g/mol. The second-order valence-electron chi connectivity index (χ2n) is 8.52. The first-order valence-corrected chi connectivity index (χ1v) is 12.8. The molecular formula is C22H25N5O3S2. The number of aromatic nitrogens is 2. The van der Waals surface area contributed by atoms with Gasteiger partial charge in [0.25, 0.3) is 10.0 Å². The van der Waals surface area contributed by atoms with Gasteiger partial charge in [0, 0.05) is 13.1 Å². The van der Waals surface area contributed by atoms with E-state index in [1.165, 1.54) is 4.31 Å². The molecule has 5 rings (SSSR count). The van der Waals surface area contributed by atoms with Gasteiger partial charge in [0.1, 0.15) is 15.9 Å². The van der Waals surface area contributed by atoms with Gasteiger partial charge in [-0.1, -0.05) is 24.3 Å². The normalized spacial score (nSPS) is 19.9. The third-order valence-corrected chi connectivity index (χ3v) is 8.98. The van der Waals surface area contributed by atoms with Crippen LogP contribution in [0.3, 0.4) is 0 Å². The van der Waals surface area contributed by atoms with Crippen LogP contribution in [0.15, 0.2) is 47.4 Å². The zero-order valence-corrected chi connectivity index (χ0v) is 19.6. The van der Waals surface area contributed by atoms with Crippen molar-refractivity contribution >= 4 is 44.4 Å². The summed E-state index contributed by atoms with van der Waals surface area (Å²) >= 11 is 0.989. The van der Waals surface area contributed by atoms with Crippen molar-refractivity contribution in [3.63, 3.8) is 0 Å². The van der Waals surface area contributed by atoms with E-state index in [4.69, 9.17) is 0 Å². The Hall–Kier alpha value is -2.56. The van der Waals surface area contributed by atoms with Crippen molar-refractivity contribution < 1.29 is 13.2 Å². The molecule has 3 heterocycles. The summed E-state index contributed by atoms with van der Waals surface area (Å²) in [5, 5.41) is 0. The number of hydrogen-bond acceptors (Lipinski definition) is 7. The first-order valence-electron chi connectivity index (χ1n) is 10.7. The van der Waals surface area contributed by atoms with E-state index in [1.807, 2.05) is 24.1 Å². The second-order valence-corrected chi connectivity index (χ2v) is 10.9. The van der Waals surface area contributed by atoms with Gasteiger partial charge in [-0.15, -0.1) is 0 Å². The topological polar surface area (TPSA) is 86.7 Å². The number of sulfonamides is 1. The fourth-order valence-electron chi connectivity index (χ4n) is 4.73. The predicted octanol–water partition coefficient (Wildman–Crippen LogP) is 2.54. The molecule has 1 fully saturated rings. The van der Waals surface area contributed by atoms with Crippen molar-refractivity contribution in [2.45, 2.75) is 29.7 Å². The molecule has 0 bridgehead atoms. The number of hydrogen-bond donors (Lipinski definition) is 0. The number of fused-ring (bicyclic) bond motifs is 2. The zero-order valence-electron chi connectivity index (χ0n) is 18.0. The number of likely N-dealkylation sites (tertiary alicyclic amines) is 1. The van der Waals surface area contributed by atoms with Gasteiger partial charge in [-0.25, -0.2) is 8.42 Å². The molecule has 10 heteroatoms. The Bertz CT molecular complexity index is 1270. The van der Waals surface area contributed by atoms with E-state index in [0.717, 1.165) is 43.2 Å². The minimum atomic E-state index is -3.91. The van der Waals surface area contributed by atoms with E-state index in [1.54, 1.807) is 30.3 Å². The first-order chi connectivity index (χ1) is 15.4. The molecule has 8 nitrogen and oxygen atoms in total. The average Bonchev–Trinajstić information content (AvgIpc) is 3.43. The Balaban J connectivity index is 1.49. The van der Waals surface area contributed by atoms with Crippen LogP contribution in [0.4, 0.5) is 5.69 Å². The number of carbonyl (C=O) groups excluding carboxylic acids is 1. The molecule has 1 aromatic heterocycles. The van der Waals surface area contributed by atoms with Gasteiger partial charge in [-0.05, 0) is 56.7 Å². The SMILES string of the molecule is CN1CCC(N(C)C(=O)C2CN(S(=O)(=O)c3cccc4nsnc34)c3ccccc32)CC1. The van der Waals surface area contributed by atoms with Gasteiger partial charge in [-0.3, -0.25) is 9.10 Å². The molecule has 3 aromatic rings. The lowest BCUT2D eigenvalue weighted by molar-refractivity contribution is -0.134. The third kappa shape index (κ3) is 3.46. The molecule has 2 aliphatic heterocycles. The highest BCUT2D eigenvalue weighted by Crippen LogP contribution is 2.41. The van der Waals surface area contributed by atoms with E-state index in [0.29, 0.717) is 16.7 Å². The van der Waals surface area contributed by atoms with Crippen LogP contribution in [-0.2, 0) is 14.8 Å². The van der Waals surface area contributed by atoms with Crippen molar-refractivity contribution in [3.05, 3.63) is 48.0 Å². The summed E-state index contributed by atoms with van der Waals surface area (Å²) in [5.41, 5.74) is 2.23. The lowest BCUT2D eigenvalue weighted by Gasteiger charge is -2.36. The molecule has 1 atom stereocenters. The molecule has 2 aliphatic rings. The summed E-state index contributed by atoms with van der Waals surface area (Å²) in [6.45, 7) is 2.00. The summed E-state index contributed by atoms with van der Waals surface area (Å²) in [5.74, 6) is -0.559. The number of amides is 1. The van der Waals surface area contributed by atoms with E-state index in [2.05, 4.69) is 20.7 Å². The standard InChI is InChI=1S/C22H25N5O3S2/c1-25-12-10-15(11-13-25)26(2)22(28)17-14-27(19-8-4-3-6-16(17)19)32(29,30)20-9-5-7-18-21(20)24-31-23-18/h3-9,15,17H,10-14H2,1-2H3. The summed E-state index contributed by atoms with van der Waals surface area (Å²) < 4.78 is 37.2. The first kappa shape index (κ1) is 21.3. The van der Waals surface area contributed by atoms with Crippen LogP contribution in [0, 0.1) is 0 Å². The number of piperidine rings is 1. The summed E-state index contributed by atoms with van der Waals surface area (Å²) in [7, 11) is 0.0239. The van der Waals surface area contributed by atoms with Crippen molar-refractivity contribution in [2.75, 3.05) is 38.0 Å². The van der Waals surface area contributed by atoms with Gasteiger partial charge in [0.05, 0.1) is 29.9 Å². The van der Waals surface area contributed by atoms with Crippen molar-refractivity contribution in [1.29, 1.82) is 0 Å². The average molecular weight is 472 g/mol. The van der Waals surface area contributed by atoms with Crippen LogP contribution in [0.25, 0.3) is 11.0 Å². The molecule has 1 saturated heterocycles. The van der Waals surface area contributed by atoms with E-state index < -0.39 is 15.9 Å². The highest BCUT2D eigenvalue weighted by Gasteiger charge is 2.42. The monoisotopic (exact) mass is 471 g/mol. The quantitative estimate of drug-likeness (QED) is 0.581. The maximum atomic E-state index is 13.7. The lowest BCUT2D eigenvalue weighted by atomic mass is 9.97. The van der Waals surface area contributed by atoms with Gasteiger partial charge < -0.3 is 9.80 Å². The molecule has 0 spiro atoms. The van der Waals surface area contributed by atoms with Crippen molar-refractivity contribution in [1.82, 2.24) is 18.5 Å². The number of likely N-dealkylation sites (N-methyl/N-ethyl adjacent to an activating group) is 1. The van der Waals surface area contributed by atoms with Crippen LogP contribution in [0.1, 0.15) is 24.3 Å². The molecule has 1 amide bonds. The lowest BCUT2D eigenvalue weighted by Crippen LogP contribution is -2.46. The Morgan fingerprint density at radius 3 is 2.62 bits per heavy atom. The van der Waals surface area contributed by atoms with Crippen LogP contribution in [0.2, 0.25) is 0 Å². The summed E-state index contributed by atoms with van der Waals surface area (Å²) in [6.07, 6.45) is 1.85. The molecule has 0 radical (unpaired) electrons. The van der Waals surface area contributed by atoms with Crippen molar-refractivity contribution in [2.24, 2.45) is 0 Å². The number of anilines is 1. The minimum absolute atomic E-state index is 0.0294.